The van der Waals surface area contributed by atoms with E-state index in [-0.39, 0.29) is 5.92 Å². The fraction of sp³-hybridized carbons (Fsp3) is 0.310. The summed E-state index contributed by atoms with van der Waals surface area (Å²) in [5, 5.41) is 0. The normalized spacial score (nSPS) is 14.2. The second-order valence-electron chi connectivity index (χ2n) is 8.94. The Kier molecular flexibility index (Phi) is 7.23. The van der Waals surface area contributed by atoms with Gasteiger partial charge in [0.05, 0.1) is 11.1 Å². The number of carbonyl (C=O) groups is 2. The predicted molar refractivity (Wildman–Crippen MR) is 129 cm³/mol. The van der Waals surface area contributed by atoms with Gasteiger partial charge in [0.2, 0.25) is 0 Å². The first-order valence-electron chi connectivity index (χ1n) is 11.7. The Hall–Kier alpha value is -3.40. The van der Waals surface area contributed by atoms with E-state index in [1.54, 1.807) is 48.5 Å². The van der Waals surface area contributed by atoms with E-state index in [2.05, 4.69) is 19.9 Å². The molecule has 1 aliphatic rings. The van der Waals surface area contributed by atoms with Crippen molar-refractivity contribution in [2.75, 3.05) is 0 Å². The Labute approximate surface area is 195 Å². The van der Waals surface area contributed by atoms with Crippen molar-refractivity contribution in [3.8, 4) is 11.5 Å². The minimum Gasteiger partial charge on any atom is -0.419 e. The van der Waals surface area contributed by atoms with E-state index in [0.717, 1.165) is 24.0 Å². The molecular formula is C29H30O4. The summed E-state index contributed by atoms with van der Waals surface area (Å²) >= 11 is 0. The van der Waals surface area contributed by atoms with E-state index in [4.69, 9.17) is 9.47 Å². The van der Waals surface area contributed by atoms with Crippen LogP contribution in [0.15, 0.2) is 72.8 Å². The highest BCUT2D eigenvalue weighted by atomic mass is 16.6. The van der Waals surface area contributed by atoms with Crippen LogP contribution >= 0.6 is 0 Å². The van der Waals surface area contributed by atoms with Crippen molar-refractivity contribution in [1.29, 1.82) is 0 Å². The van der Waals surface area contributed by atoms with Crippen LogP contribution in [-0.4, -0.2) is 11.9 Å². The molecule has 4 rings (SSSR count). The highest BCUT2D eigenvalue weighted by Gasteiger charge is 2.25. The Balaban J connectivity index is 1.75. The van der Waals surface area contributed by atoms with Crippen LogP contribution in [0.2, 0.25) is 0 Å². The zero-order chi connectivity index (χ0) is 23.2. The topological polar surface area (TPSA) is 52.6 Å². The van der Waals surface area contributed by atoms with Crippen LogP contribution in [0.1, 0.15) is 89.6 Å². The Morgan fingerprint density at radius 3 is 1.85 bits per heavy atom. The largest absolute Gasteiger partial charge is 0.419 e. The molecule has 0 aliphatic heterocycles. The summed E-state index contributed by atoms with van der Waals surface area (Å²) in [7, 11) is 0. The monoisotopic (exact) mass is 442 g/mol. The second-order valence-corrected chi connectivity index (χ2v) is 8.94. The minimum absolute atomic E-state index is 0.0845. The van der Waals surface area contributed by atoms with Crippen molar-refractivity contribution in [3.05, 3.63) is 95.1 Å². The first kappa shape index (κ1) is 22.8. The molecule has 0 atom stereocenters. The highest BCUT2D eigenvalue weighted by Crippen LogP contribution is 2.42. The Bertz CT molecular complexity index is 1100. The molecule has 1 aliphatic carbocycles. The van der Waals surface area contributed by atoms with E-state index < -0.39 is 11.9 Å². The summed E-state index contributed by atoms with van der Waals surface area (Å²) in [4.78, 5) is 25.8. The van der Waals surface area contributed by atoms with Gasteiger partial charge in [-0.1, -0.05) is 75.6 Å². The molecule has 170 valence electrons. The molecule has 0 amide bonds. The van der Waals surface area contributed by atoms with Crippen molar-refractivity contribution in [2.24, 2.45) is 0 Å². The standard InChI is InChI=1S/C29H30O4/c1-20(2)25-18-24(21-12-6-3-7-13-21)19-26(32-28(30)22-14-8-4-9-15-22)27(25)33-29(31)23-16-10-5-11-17-23/h4-5,8-11,14-21H,3,6-7,12-13H2,1-2H3. The number of carbonyl (C=O) groups excluding carboxylic acids is 2. The van der Waals surface area contributed by atoms with Crippen molar-refractivity contribution in [3.63, 3.8) is 0 Å². The fourth-order valence-corrected chi connectivity index (χ4v) is 4.39. The van der Waals surface area contributed by atoms with Crippen LogP contribution in [0.4, 0.5) is 0 Å². The molecule has 0 bridgehead atoms. The Morgan fingerprint density at radius 1 is 0.758 bits per heavy atom. The minimum atomic E-state index is -0.472. The third-order valence-electron chi connectivity index (χ3n) is 6.22. The van der Waals surface area contributed by atoms with Gasteiger partial charge in [0, 0.05) is 5.56 Å². The zero-order valence-electron chi connectivity index (χ0n) is 19.3. The van der Waals surface area contributed by atoms with Gasteiger partial charge in [-0.15, -0.1) is 0 Å². The predicted octanol–water partition coefficient (Wildman–Crippen LogP) is 7.30. The van der Waals surface area contributed by atoms with Crippen molar-refractivity contribution < 1.29 is 19.1 Å². The molecule has 0 N–H and O–H groups in total. The number of rotatable bonds is 6. The van der Waals surface area contributed by atoms with Gasteiger partial charge in [0.1, 0.15) is 0 Å². The molecule has 0 heterocycles. The lowest BCUT2D eigenvalue weighted by Gasteiger charge is -2.25. The van der Waals surface area contributed by atoms with Gasteiger partial charge in [0.25, 0.3) is 0 Å². The van der Waals surface area contributed by atoms with E-state index in [1.807, 2.05) is 18.2 Å². The Morgan fingerprint density at radius 2 is 1.30 bits per heavy atom. The van der Waals surface area contributed by atoms with Gasteiger partial charge in [-0.3, -0.25) is 0 Å². The molecular weight excluding hydrogens is 412 g/mol. The van der Waals surface area contributed by atoms with Crippen LogP contribution in [0.5, 0.6) is 11.5 Å². The SMILES string of the molecule is CC(C)c1cc(C2CCCCC2)cc(OC(=O)c2ccccc2)c1OC(=O)c1ccccc1. The lowest BCUT2D eigenvalue weighted by Crippen LogP contribution is -2.15. The summed E-state index contributed by atoms with van der Waals surface area (Å²) < 4.78 is 11.8. The van der Waals surface area contributed by atoms with Gasteiger partial charge in [0.15, 0.2) is 11.5 Å². The van der Waals surface area contributed by atoms with Gasteiger partial charge >= 0.3 is 11.9 Å². The van der Waals surface area contributed by atoms with Gasteiger partial charge in [-0.2, -0.15) is 0 Å². The molecule has 0 saturated heterocycles. The van der Waals surface area contributed by atoms with Gasteiger partial charge in [-0.05, 0) is 60.6 Å². The average Bonchev–Trinajstić information content (AvgIpc) is 2.86. The summed E-state index contributed by atoms with van der Waals surface area (Å²) in [6.45, 7) is 4.12. The van der Waals surface area contributed by atoms with Gasteiger partial charge < -0.3 is 9.47 Å². The number of esters is 2. The molecule has 3 aromatic carbocycles. The van der Waals surface area contributed by atoms with E-state index in [9.17, 15) is 9.59 Å². The molecule has 3 aromatic rings. The number of benzene rings is 3. The molecule has 0 spiro atoms. The van der Waals surface area contributed by atoms with Crippen molar-refractivity contribution in [2.45, 2.75) is 57.8 Å². The second kappa shape index (κ2) is 10.5. The quantitative estimate of drug-likeness (QED) is 0.297. The number of hydrogen-bond acceptors (Lipinski definition) is 4. The van der Waals surface area contributed by atoms with Gasteiger partial charge in [-0.25, -0.2) is 9.59 Å². The molecule has 4 heteroatoms. The summed E-state index contributed by atoms with van der Waals surface area (Å²) in [5.41, 5.74) is 2.92. The van der Waals surface area contributed by atoms with Crippen LogP contribution < -0.4 is 9.47 Å². The van der Waals surface area contributed by atoms with E-state index in [0.29, 0.717) is 28.5 Å². The third kappa shape index (κ3) is 5.51. The lowest BCUT2D eigenvalue weighted by atomic mass is 9.82. The lowest BCUT2D eigenvalue weighted by molar-refractivity contribution is 0.0680. The molecule has 0 radical (unpaired) electrons. The number of hydrogen-bond donors (Lipinski definition) is 0. The van der Waals surface area contributed by atoms with E-state index >= 15 is 0 Å². The molecule has 0 aromatic heterocycles. The van der Waals surface area contributed by atoms with Crippen LogP contribution in [0.3, 0.4) is 0 Å². The maximum absolute atomic E-state index is 12.9. The average molecular weight is 443 g/mol. The molecule has 0 unspecified atom stereocenters. The maximum Gasteiger partial charge on any atom is 0.343 e. The van der Waals surface area contributed by atoms with Crippen LogP contribution in [-0.2, 0) is 0 Å². The first-order chi connectivity index (χ1) is 16.0. The highest BCUT2D eigenvalue weighted by molar-refractivity contribution is 5.93. The first-order valence-corrected chi connectivity index (χ1v) is 11.7. The summed E-state index contributed by atoms with van der Waals surface area (Å²) in [5.74, 6) is 0.191. The smallest absolute Gasteiger partial charge is 0.343 e. The van der Waals surface area contributed by atoms with Crippen molar-refractivity contribution in [1.82, 2.24) is 0 Å². The zero-order valence-corrected chi connectivity index (χ0v) is 19.3. The third-order valence-corrected chi connectivity index (χ3v) is 6.22. The fourth-order valence-electron chi connectivity index (χ4n) is 4.39. The summed E-state index contributed by atoms with van der Waals surface area (Å²) in [6.07, 6.45) is 5.90. The molecule has 1 saturated carbocycles. The molecule has 4 nitrogen and oxygen atoms in total. The maximum atomic E-state index is 12.9. The van der Waals surface area contributed by atoms with E-state index in [1.165, 1.54) is 19.3 Å². The molecule has 33 heavy (non-hydrogen) atoms. The van der Waals surface area contributed by atoms with Crippen molar-refractivity contribution >= 4 is 11.9 Å². The summed E-state index contributed by atoms with van der Waals surface area (Å²) in [6, 6.07) is 21.8. The van der Waals surface area contributed by atoms with Crippen LogP contribution in [0, 0.1) is 0 Å². The van der Waals surface area contributed by atoms with Crippen LogP contribution in [0.25, 0.3) is 0 Å². The molecule has 1 fully saturated rings. The number of ether oxygens (including phenoxy) is 2.